The largest absolute Gasteiger partial charge is 0.382 e. The first-order valence-electron chi connectivity index (χ1n) is 5.81. The highest BCUT2D eigenvalue weighted by Crippen LogP contribution is 2.26. The van der Waals surface area contributed by atoms with Gasteiger partial charge in [0.15, 0.2) is 0 Å². The summed E-state index contributed by atoms with van der Waals surface area (Å²) in [6, 6.07) is 4.37. The van der Waals surface area contributed by atoms with Gasteiger partial charge in [-0.05, 0) is 25.5 Å². The smallest absolute Gasteiger partial charge is 0.146 e. The topological polar surface area (TPSA) is 51.4 Å². The standard InChI is InChI=1S/C12H19N3O/c1-3-10-8-16-9(2)7-15(10)11-5-4-6-14-12(11)13/h4-6,9-10H,3,7-8H2,1-2H3,(H2,13,14). The number of aromatic nitrogens is 1. The van der Waals surface area contributed by atoms with Crippen LogP contribution >= 0.6 is 0 Å². The van der Waals surface area contributed by atoms with Gasteiger partial charge in [-0.1, -0.05) is 6.92 Å². The van der Waals surface area contributed by atoms with Crippen LogP contribution in [0.4, 0.5) is 11.5 Å². The van der Waals surface area contributed by atoms with Gasteiger partial charge in [0.1, 0.15) is 5.82 Å². The van der Waals surface area contributed by atoms with Gasteiger partial charge >= 0.3 is 0 Å². The first-order valence-corrected chi connectivity index (χ1v) is 5.81. The number of nitrogens with zero attached hydrogens (tertiary/aromatic N) is 2. The van der Waals surface area contributed by atoms with Crippen LogP contribution in [0.5, 0.6) is 0 Å². The molecule has 0 aromatic carbocycles. The lowest BCUT2D eigenvalue weighted by molar-refractivity contribution is 0.0300. The molecule has 2 atom stereocenters. The maximum absolute atomic E-state index is 5.92. The van der Waals surface area contributed by atoms with Gasteiger partial charge in [-0.15, -0.1) is 0 Å². The van der Waals surface area contributed by atoms with Crippen molar-refractivity contribution in [1.29, 1.82) is 0 Å². The van der Waals surface area contributed by atoms with E-state index in [1.54, 1.807) is 6.20 Å². The fourth-order valence-electron chi connectivity index (χ4n) is 2.13. The second-order valence-electron chi connectivity index (χ2n) is 4.27. The summed E-state index contributed by atoms with van der Waals surface area (Å²) < 4.78 is 5.67. The third-order valence-corrected chi connectivity index (χ3v) is 3.06. The fraction of sp³-hybridized carbons (Fsp3) is 0.583. The number of pyridine rings is 1. The third kappa shape index (κ3) is 2.11. The summed E-state index contributed by atoms with van der Waals surface area (Å²) >= 11 is 0. The van der Waals surface area contributed by atoms with Gasteiger partial charge in [-0.2, -0.15) is 0 Å². The molecule has 16 heavy (non-hydrogen) atoms. The fourth-order valence-corrected chi connectivity index (χ4v) is 2.13. The molecule has 1 saturated heterocycles. The van der Waals surface area contributed by atoms with Crippen LogP contribution in [0.15, 0.2) is 18.3 Å². The van der Waals surface area contributed by atoms with Crippen molar-refractivity contribution in [3.8, 4) is 0 Å². The highest BCUT2D eigenvalue weighted by Gasteiger charge is 2.26. The van der Waals surface area contributed by atoms with Gasteiger partial charge in [0.2, 0.25) is 0 Å². The lowest BCUT2D eigenvalue weighted by atomic mass is 10.1. The Hall–Kier alpha value is -1.29. The highest BCUT2D eigenvalue weighted by atomic mass is 16.5. The molecule has 1 aromatic heterocycles. The van der Waals surface area contributed by atoms with Crippen molar-refractivity contribution in [1.82, 2.24) is 4.98 Å². The molecule has 2 heterocycles. The molecule has 0 radical (unpaired) electrons. The summed E-state index contributed by atoms with van der Waals surface area (Å²) in [4.78, 5) is 6.46. The van der Waals surface area contributed by atoms with Crippen LogP contribution in [0.3, 0.4) is 0 Å². The molecule has 4 nitrogen and oxygen atoms in total. The molecule has 0 bridgehead atoms. The molecule has 2 unspecified atom stereocenters. The number of ether oxygens (including phenoxy) is 1. The Morgan fingerprint density at radius 1 is 1.62 bits per heavy atom. The Morgan fingerprint density at radius 3 is 3.12 bits per heavy atom. The third-order valence-electron chi connectivity index (χ3n) is 3.06. The molecule has 0 saturated carbocycles. The van der Waals surface area contributed by atoms with Crippen LogP contribution in [0.25, 0.3) is 0 Å². The second-order valence-corrected chi connectivity index (χ2v) is 4.27. The first kappa shape index (κ1) is 11.2. The average Bonchev–Trinajstić information content (AvgIpc) is 2.29. The van der Waals surface area contributed by atoms with E-state index < -0.39 is 0 Å². The number of hydrogen-bond donors (Lipinski definition) is 1. The van der Waals surface area contributed by atoms with Crippen molar-refractivity contribution in [2.75, 3.05) is 23.8 Å². The molecule has 1 aliphatic rings. The summed E-state index contributed by atoms with van der Waals surface area (Å²) in [6.45, 7) is 5.91. The Kier molecular flexibility index (Phi) is 3.29. The number of morpholine rings is 1. The molecule has 2 rings (SSSR count). The Balaban J connectivity index is 2.26. The molecule has 1 fully saturated rings. The Morgan fingerprint density at radius 2 is 2.44 bits per heavy atom. The first-order chi connectivity index (χ1) is 7.72. The van der Waals surface area contributed by atoms with Crippen molar-refractivity contribution in [2.24, 2.45) is 0 Å². The van der Waals surface area contributed by atoms with Gasteiger partial charge in [-0.3, -0.25) is 0 Å². The van der Waals surface area contributed by atoms with Gasteiger partial charge in [0.25, 0.3) is 0 Å². The lowest BCUT2D eigenvalue weighted by Crippen LogP contribution is -2.49. The number of hydrogen-bond acceptors (Lipinski definition) is 4. The van der Waals surface area contributed by atoms with Crippen LogP contribution in [0.1, 0.15) is 20.3 Å². The zero-order valence-corrected chi connectivity index (χ0v) is 9.89. The van der Waals surface area contributed by atoms with Gasteiger partial charge in [0, 0.05) is 12.7 Å². The molecule has 0 aliphatic carbocycles. The minimum atomic E-state index is 0.252. The second kappa shape index (κ2) is 4.70. The van der Waals surface area contributed by atoms with E-state index in [-0.39, 0.29) is 6.10 Å². The minimum Gasteiger partial charge on any atom is -0.382 e. The van der Waals surface area contributed by atoms with Gasteiger partial charge in [-0.25, -0.2) is 4.98 Å². The van der Waals surface area contributed by atoms with E-state index in [9.17, 15) is 0 Å². The average molecular weight is 221 g/mol. The summed E-state index contributed by atoms with van der Waals surface area (Å²) in [5.41, 5.74) is 6.95. The number of anilines is 2. The minimum absolute atomic E-state index is 0.252. The number of nitrogens with two attached hydrogens (primary N) is 1. The van der Waals surface area contributed by atoms with E-state index in [4.69, 9.17) is 10.5 Å². The Labute approximate surface area is 96.4 Å². The predicted molar refractivity (Wildman–Crippen MR) is 65.5 cm³/mol. The van der Waals surface area contributed by atoms with Crippen LogP contribution in [-0.2, 0) is 4.74 Å². The number of rotatable bonds is 2. The van der Waals surface area contributed by atoms with Crippen molar-refractivity contribution < 1.29 is 4.74 Å². The molecule has 88 valence electrons. The summed E-state index contributed by atoms with van der Waals surface area (Å²) in [6.07, 6.45) is 3.03. The lowest BCUT2D eigenvalue weighted by Gasteiger charge is -2.40. The molecule has 4 heteroatoms. The Bertz CT molecular complexity index is 356. The van der Waals surface area contributed by atoms with Crippen molar-refractivity contribution in [3.63, 3.8) is 0 Å². The van der Waals surface area contributed by atoms with Crippen LogP contribution in [-0.4, -0.2) is 30.3 Å². The van der Waals surface area contributed by atoms with Gasteiger partial charge < -0.3 is 15.4 Å². The van der Waals surface area contributed by atoms with E-state index in [1.165, 1.54) is 0 Å². The molecular weight excluding hydrogens is 202 g/mol. The zero-order chi connectivity index (χ0) is 11.5. The van der Waals surface area contributed by atoms with Crippen molar-refractivity contribution in [3.05, 3.63) is 18.3 Å². The van der Waals surface area contributed by atoms with E-state index in [0.29, 0.717) is 11.9 Å². The molecule has 1 aromatic rings. The maximum Gasteiger partial charge on any atom is 0.146 e. The van der Waals surface area contributed by atoms with Gasteiger partial charge in [0.05, 0.1) is 24.4 Å². The van der Waals surface area contributed by atoms with E-state index in [1.807, 2.05) is 12.1 Å². The van der Waals surface area contributed by atoms with Crippen LogP contribution < -0.4 is 10.6 Å². The van der Waals surface area contributed by atoms with E-state index in [0.717, 1.165) is 25.3 Å². The van der Waals surface area contributed by atoms with Crippen molar-refractivity contribution in [2.45, 2.75) is 32.4 Å². The number of nitrogen functional groups attached to an aromatic ring is 1. The van der Waals surface area contributed by atoms with Crippen molar-refractivity contribution >= 4 is 11.5 Å². The normalized spacial score (nSPS) is 25.8. The summed E-state index contributed by atoms with van der Waals surface area (Å²) in [7, 11) is 0. The summed E-state index contributed by atoms with van der Waals surface area (Å²) in [5.74, 6) is 0.607. The SMILES string of the molecule is CCC1COC(C)CN1c1cccnc1N. The molecule has 0 spiro atoms. The van der Waals surface area contributed by atoms with Crippen LogP contribution in [0.2, 0.25) is 0 Å². The molecule has 2 N–H and O–H groups in total. The maximum atomic E-state index is 5.92. The van der Waals surface area contributed by atoms with E-state index in [2.05, 4.69) is 23.7 Å². The molecular formula is C12H19N3O. The predicted octanol–water partition coefficient (Wildman–Crippen LogP) is 1.67. The summed E-state index contributed by atoms with van der Waals surface area (Å²) in [5, 5.41) is 0. The molecule has 1 aliphatic heterocycles. The molecule has 0 amide bonds. The van der Waals surface area contributed by atoms with Crippen LogP contribution in [0, 0.1) is 0 Å². The monoisotopic (exact) mass is 221 g/mol. The zero-order valence-electron chi connectivity index (χ0n) is 9.89. The highest BCUT2D eigenvalue weighted by molar-refractivity contribution is 5.63. The van der Waals surface area contributed by atoms with E-state index >= 15 is 0 Å². The quantitative estimate of drug-likeness (QED) is 0.825.